The summed E-state index contributed by atoms with van der Waals surface area (Å²) in [6.07, 6.45) is -1.43. The molecule has 0 saturated carbocycles. The summed E-state index contributed by atoms with van der Waals surface area (Å²) in [5, 5.41) is 26.8. The first kappa shape index (κ1) is 30.5. The molecule has 0 spiro atoms. The number of hydrogen-bond donors (Lipinski definition) is 5. The average Bonchev–Trinajstić information content (AvgIpc) is 3.37. The number of carbonyl (C=O) groups is 1. The van der Waals surface area contributed by atoms with Gasteiger partial charge < -0.3 is 35.3 Å². The molecule has 3 aromatic rings. The molecule has 6 rings (SSSR count). The molecule has 43 heavy (non-hydrogen) atoms. The summed E-state index contributed by atoms with van der Waals surface area (Å²) in [5.41, 5.74) is 1.27. The number of methoxy groups -OCH3 is 1. The topological polar surface area (TPSA) is 116 Å². The van der Waals surface area contributed by atoms with Crippen molar-refractivity contribution >= 4 is 34.3 Å². The standard InChI is InChI=1S/C29H25F4N3O4.C2H6O/c1-11-23-13(8-21-24(25(23)27(39)34-11)14-7-16(31)15(30)4-5-19(14)35-21)12-6-17(32)18(33)9-20(12)36-28-26(38)22(37)10-29(2,3)40-28;1-3-2/h4,6-9,22,26,28,35-38H,1,5,10H2,2-3H3,(H,34,39);1-2H3. The normalized spacial score (nSPS) is 22.5. The van der Waals surface area contributed by atoms with Crippen molar-refractivity contribution in [2.75, 3.05) is 19.5 Å². The molecular formula is C31H31F4N3O5. The van der Waals surface area contributed by atoms with E-state index in [2.05, 4.69) is 26.9 Å². The van der Waals surface area contributed by atoms with Gasteiger partial charge in [0.25, 0.3) is 5.91 Å². The van der Waals surface area contributed by atoms with E-state index in [-0.39, 0.29) is 46.5 Å². The van der Waals surface area contributed by atoms with Crippen LogP contribution in [-0.4, -0.2) is 59.4 Å². The lowest BCUT2D eigenvalue weighted by Gasteiger charge is -2.42. The Labute approximate surface area is 244 Å². The van der Waals surface area contributed by atoms with Gasteiger partial charge in [-0.05, 0) is 43.7 Å². The molecule has 0 bridgehead atoms. The van der Waals surface area contributed by atoms with E-state index in [9.17, 15) is 32.6 Å². The number of rotatable bonds is 3. The zero-order valence-electron chi connectivity index (χ0n) is 23.9. The van der Waals surface area contributed by atoms with Crippen LogP contribution in [0.3, 0.4) is 0 Å². The number of ether oxygens (including phenoxy) is 2. The lowest BCUT2D eigenvalue weighted by atomic mass is 9.90. The Morgan fingerprint density at radius 3 is 2.42 bits per heavy atom. The van der Waals surface area contributed by atoms with E-state index in [0.717, 1.165) is 24.3 Å². The summed E-state index contributed by atoms with van der Waals surface area (Å²) in [5.74, 6) is -5.00. The second-order valence-electron chi connectivity index (χ2n) is 11.2. The Balaban J connectivity index is 0.00000118. The molecule has 3 atom stereocenters. The van der Waals surface area contributed by atoms with E-state index in [1.165, 1.54) is 0 Å². The summed E-state index contributed by atoms with van der Waals surface area (Å²) in [6, 6.07) is 3.43. The summed E-state index contributed by atoms with van der Waals surface area (Å²) < 4.78 is 67.8. The molecular weight excluding hydrogens is 570 g/mol. The monoisotopic (exact) mass is 601 g/mol. The minimum absolute atomic E-state index is 0.0191. The molecule has 1 amide bonds. The number of nitrogens with one attached hydrogen (secondary N) is 3. The Kier molecular flexibility index (Phi) is 7.99. The smallest absolute Gasteiger partial charge is 0.257 e. The molecule has 2 aromatic carbocycles. The van der Waals surface area contributed by atoms with Crippen LogP contribution in [0.2, 0.25) is 0 Å². The van der Waals surface area contributed by atoms with Gasteiger partial charge in [0.1, 0.15) is 6.10 Å². The van der Waals surface area contributed by atoms with Crippen LogP contribution in [0.4, 0.5) is 23.2 Å². The third kappa shape index (κ3) is 5.47. The molecule has 0 radical (unpaired) electrons. The molecule has 5 N–H and O–H groups in total. The first-order valence-corrected chi connectivity index (χ1v) is 13.4. The zero-order chi connectivity index (χ0) is 31.4. The lowest BCUT2D eigenvalue weighted by molar-refractivity contribution is -0.192. The Morgan fingerprint density at radius 2 is 1.72 bits per heavy atom. The third-order valence-corrected chi connectivity index (χ3v) is 7.48. The number of aromatic nitrogens is 1. The van der Waals surface area contributed by atoms with Crippen LogP contribution in [0.5, 0.6) is 0 Å². The van der Waals surface area contributed by atoms with Gasteiger partial charge in [-0.25, -0.2) is 17.6 Å². The van der Waals surface area contributed by atoms with E-state index in [1.807, 2.05) is 0 Å². The molecule has 2 aliphatic heterocycles. The summed E-state index contributed by atoms with van der Waals surface area (Å²) >= 11 is 0. The van der Waals surface area contributed by atoms with E-state index >= 15 is 0 Å². The molecule has 3 unspecified atom stereocenters. The van der Waals surface area contributed by atoms with Crippen molar-refractivity contribution in [3.05, 3.63) is 76.5 Å². The van der Waals surface area contributed by atoms with Crippen LogP contribution >= 0.6 is 0 Å². The van der Waals surface area contributed by atoms with Gasteiger partial charge in [0.15, 0.2) is 29.5 Å². The van der Waals surface area contributed by atoms with Gasteiger partial charge in [0, 0.05) is 77.8 Å². The number of carbonyl (C=O) groups excluding carboxylic acids is 1. The number of halogens is 4. The number of aromatic amines is 1. The second-order valence-corrected chi connectivity index (χ2v) is 11.2. The van der Waals surface area contributed by atoms with Crippen molar-refractivity contribution in [2.24, 2.45) is 0 Å². The fourth-order valence-corrected chi connectivity index (χ4v) is 5.71. The van der Waals surface area contributed by atoms with E-state index in [1.54, 1.807) is 34.1 Å². The number of aliphatic hydroxyl groups excluding tert-OH is 2. The molecule has 1 fully saturated rings. The average molecular weight is 602 g/mol. The molecule has 1 saturated heterocycles. The maximum Gasteiger partial charge on any atom is 0.257 e. The van der Waals surface area contributed by atoms with Gasteiger partial charge in [-0.15, -0.1) is 0 Å². The minimum Gasteiger partial charge on any atom is -0.390 e. The van der Waals surface area contributed by atoms with Crippen LogP contribution in [0.15, 0.2) is 42.5 Å². The summed E-state index contributed by atoms with van der Waals surface area (Å²) in [4.78, 5) is 16.2. The number of hydrogen-bond acceptors (Lipinski definition) is 6. The maximum absolute atomic E-state index is 14.7. The second kappa shape index (κ2) is 11.3. The van der Waals surface area contributed by atoms with Crippen LogP contribution < -0.4 is 10.6 Å². The molecule has 12 heteroatoms. The minimum atomic E-state index is -1.38. The van der Waals surface area contributed by atoms with Crippen molar-refractivity contribution in [3.8, 4) is 11.1 Å². The van der Waals surface area contributed by atoms with Crippen molar-refractivity contribution < 1.29 is 42.0 Å². The number of anilines is 1. The van der Waals surface area contributed by atoms with Crippen molar-refractivity contribution in [1.29, 1.82) is 0 Å². The van der Waals surface area contributed by atoms with Gasteiger partial charge in [-0.2, -0.15) is 0 Å². The number of H-pyrrole nitrogens is 1. The molecule has 8 nitrogen and oxygen atoms in total. The highest BCUT2D eigenvalue weighted by molar-refractivity contribution is 6.21. The van der Waals surface area contributed by atoms with Crippen molar-refractivity contribution in [1.82, 2.24) is 10.3 Å². The van der Waals surface area contributed by atoms with Gasteiger partial charge in [0.05, 0.1) is 17.3 Å². The molecule has 228 valence electrons. The van der Waals surface area contributed by atoms with Crippen LogP contribution in [0.1, 0.15) is 47.4 Å². The first-order valence-electron chi connectivity index (χ1n) is 13.4. The SMILES string of the molecule is C=C1NC(=O)c2c1c(-c1cc(F)c(F)cc1NC1OC(C)(C)CC(O)C1O)cc1[nH]c3c(c21)C=C(F)C(F)=CC3.COC. The molecule has 1 aromatic heterocycles. The van der Waals surface area contributed by atoms with Crippen molar-refractivity contribution in [2.45, 2.75) is 50.7 Å². The third-order valence-electron chi connectivity index (χ3n) is 7.48. The Morgan fingerprint density at radius 1 is 1.05 bits per heavy atom. The van der Waals surface area contributed by atoms with Crippen LogP contribution in [0, 0.1) is 11.6 Å². The quantitative estimate of drug-likeness (QED) is 0.255. The van der Waals surface area contributed by atoms with Gasteiger partial charge in [0.2, 0.25) is 0 Å². The highest BCUT2D eigenvalue weighted by Gasteiger charge is 2.41. The molecule has 3 heterocycles. The number of fused-ring (bicyclic) bond motifs is 5. The maximum atomic E-state index is 14.7. The Hall–Kier alpha value is -3.97. The molecule has 3 aliphatic rings. The van der Waals surface area contributed by atoms with Gasteiger partial charge in [-0.1, -0.05) is 6.58 Å². The largest absolute Gasteiger partial charge is 0.390 e. The van der Waals surface area contributed by atoms with Gasteiger partial charge >= 0.3 is 0 Å². The van der Waals surface area contributed by atoms with E-state index < -0.39 is 53.2 Å². The first-order chi connectivity index (χ1) is 20.3. The van der Waals surface area contributed by atoms with Crippen LogP contribution in [-0.2, 0) is 15.9 Å². The highest BCUT2D eigenvalue weighted by atomic mass is 19.2. The predicted molar refractivity (Wildman–Crippen MR) is 154 cm³/mol. The highest BCUT2D eigenvalue weighted by Crippen LogP contribution is 2.45. The van der Waals surface area contributed by atoms with E-state index in [4.69, 9.17) is 4.74 Å². The van der Waals surface area contributed by atoms with Crippen molar-refractivity contribution in [3.63, 3.8) is 0 Å². The van der Waals surface area contributed by atoms with Crippen LogP contribution in [0.25, 0.3) is 33.8 Å². The Bertz CT molecular complexity index is 1710. The van der Waals surface area contributed by atoms with E-state index in [0.29, 0.717) is 22.2 Å². The number of allylic oxidation sites excluding steroid dienone is 3. The lowest BCUT2D eigenvalue weighted by Crippen LogP contribution is -2.55. The number of aliphatic hydroxyl groups is 2. The summed E-state index contributed by atoms with van der Waals surface area (Å²) in [6.45, 7) is 7.36. The number of amides is 1. The summed E-state index contributed by atoms with van der Waals surface area (Å²) in [7, 11) is 3.25. The predicted octanol–water partition coefficient (Wildman–Crippen LogP) is 5.47. The molecule has 1 aliphatic carbocycles. The number of benzene rings is 2. The zero-order valence-corrected chi connectivity index (χ0v) is 23.9. The fraction of sp³-hybridized carbons (Fsp3) is 0.323. The van der Waals surface area contributed by atoms with Gasteiger partial charge in [-0.3, -0.25) is 4.79 Å². The fourth-order valence-electron chi connectivity index (χ4n) is 5.71.